The summed E-state index contributed by atoms with van der Waals surface area (Å²) in [4.78, 5) is 20.2. The van der Waals surface area contributed by atoms with E-state index in [0.29, 0.717) is 17.4 Å². The van der Waals surface area contributed by atoms with E-state index in [0.717, 1.165) is 17.7 Å². The van der Waals surface area contributed by atoms with Gasteiger partial charge in [0.25, 0.3) is 0 Å². The van der Waals surface area contributed by atoms with E-state index in [1.807, 2.05) is 6.07 Å². The number of nitrogens with zero attached hydrogens (tertiary/aromatic N) is 2. The molecule has 0 saturated carbocycles. The number of halogens is 3. The lowest BCUT2D eigenvalue weighted by atomic mass is 10.2. The molecule has 0 saturated heterocycles. The first-order chi connectivity index (χ1) is 12.9. The van der Waals surface area contributed by atoms with Gasteiger partial charge in [-0.3, -0.25) is 9.78 Å². The molecular formula is C18H15F3N4OS. The maximum absolute atomic E-state index is 12.8. The number of benzene rings is 1. The highest BCUT2D eigenvalue weighted by atomic mass is 32.1. The number of thiazole rings is 1. The van der Waals surface area contributed by atoms with E-state index < -0.39 is 11.7 Å². The van der Waals surface area contributed by atoms with Crippen molar-refractivity contribution in [1.29, 1.82) is 0 Å². The van der Waals surface area contributed by atoms with Crippen molar-refractivity contribution in [1.82, 2.24) is 15.3 Å². The number of hydrogen-bond donors (Lipinski definition) is 2. The smallest absolute Gasteiger partial charge is 0.352 e. The number of rotatable bonds is 6. The Morgan fingerprint density at radius 2 is 2.04 bits per heavy atom. The third kappa shape index (κ3) is 5.52. The number of carbonyl (C=O) groups excluding carboxylic acids is 1. The molecule has 2 heterocycles. The second-order valence-electron chi connectivity index (χ2n) is 5.66. The number of aromatic nitrogens is 2. The molecule has 140 valence electrons. The number of hydrogen-bond acceptors (Lipinski definition) is 5. The fourth-order valence-electron chi connectivity index (χ4n) is 2.27. The molecule has 2 aromatic heterocycles. The van der Waals surface area contributed by atoms with Crippen molar-refractivity contribution in [3.8, 4) is 0 Å². The quantitative estimate of drug-likeness (QED) is 0.661. The number of carbonyl (C=O) groups is 1. The summed E-state index contributed by atoms with van der Waals surface area (Å²) in [7, 11) is 0. The third-order valence-corrected chi connectivity index (χ3v) is 4.35. The van der Waals surface area contributed by atoms with Crippen LogP contribution in [-0.4, -0.2) is 15.9 Å². The molecule has 3 aromatic rings. The highest BCUT2D eigenvalue weighted by Crippen LogP contribution is 2.31. The number of nitrogens with one attached hydrogen (secondary N) is 2. The second kappa shape index (κ2) is 8.17. The van der Waals surface area contributed by atoms with E-state index in [4.69, 9.17) is 0 Å². The van der Waals surface area contributed by atoms with Gasteiger partial charge in [0, 0.05) is 30.0 Å². The average molecular weight is 392 g/mol. The molecule has 0 bridgehead atoms. The molecule has 0 atom stereocenters. The maximum Gasteiger partial charge on any atom is 0.416 e. The van der Waals surface area contributed by atoms with E-state index in [1.165, 1.54) is 23.5 Å². The highest BCUT2D eigenvalue weighted by Gasteiger charge is 2.30. The van der Waals surface area contributed by atoms with Crippen molar-refractivity contribution in [2.45, 2.75) is 19.1 Å². The zero-order chi connectivity index (χ0) is 19.3. The van der Waals surface area contributed by atoms with Crippen LogP contribution in [0.1, 0.15) is 16.8 Å². The van der Waals surface area contributed by atoms with Crippen LogP contribution in [0.15, 0.2) is 54.2 Å². The van der Waals surface area contributed by atoms with Crippen LogP contribution in [0.4, 0.5) is 24.0 Å². The van der Waals surface area contributed by atoms with E-state index >= 15 is 0 Å². The summed E-state index contributed by atoms with van der Waals surface area (Å²) in [6, 6.07) is 8.51. The molecule has 0 radical (unpaired) electrons. The third-order valence-electron chi connectivity index (χ3n) is 3.55. The van der Waals surface area contributed by atoms with Gasteiger partial charge >= 0.3 is 6.18 Å². The van der Waals surface area contributed by atoms with Gasteiger partial charge in [0.2, 0.25) is 5.91 Å². The largest absolute Gasteiger partial charge is 0.416 e. The predicted octanol–water partition coefficient (Wildman–Crippen LogP) is 4.16. The second-order valence-corrected chi connectivity index (χ2v) is 6.52. The minimum atomic E-state index is -4.40. The number of amides is 1. The molecule has 1 amide bonds. The highest BCUT2D eigenvalue weighted by molar-refractivity contribution is 7.13. The first-order valence-electron chi connectivity index (χ1n) is 7.94. The maximum atomic E-state index is 12.8. The first-order valence-corrected chi connectivity index (χ1v) is 8.82. The zero-order valence-corrected chi connectivity index (χ0v) is 14.8. The van der Waals surface area contributed by atoms with Crippen LogP contribution in [0.25, 0.3) is 0 Å². The fraction of sp³-hybridized carbons (Fsp3) is 0.167. The topological polar surface area (TPSA) is 66.9 Å². The van der Waals surface area contributed by atoms with E-state index in [1.54, 1.807) is 23.8 Å². The van der Waals surface area contributed by atoms with Gasteiger partial charge in [-0.2, -0.15) is 13.2 Å². The Morgan fingerprint density at radius 3 is 2.78 bits per heavy atom. The summed E-state index contributed by atoms with van der Waals surface area (Å²) in [5, 5.41) is 7.72. The summed E-state index contributed by atoms with van der Waals surface area (Å²) in [6.07, 6.45) is -1.00. The van der Waals surface area contributed by atoms with Gasteiger partial charge in [-0.15, -0.1) is 11.3 Å². The summed E-state index contributed by atoms with van der Waals surface area (Å²) in [5.74, 6) is -0.199. The molecule has 0 aliphatic heterocycles. The molecule has 3 rings (SSSR count). The lowest BCUT2D eigenvalue weighted by Crippen LogP contribution is -2.24. The van der Waals surface area contributed by atoms with Crippen LogP contribution in [0.2, 0.25) is 0 Å². The van der Waals surface area contributed by atoms with Gasteiger partial charge < -0.3 is 10.6 Å². The Morgan fingerprint density at radius 1 is 1.19 bits per heavy atom. The summed E-state index contributed by atoms with van der Waals surface area (Å²) in [6.45, 7) is 0.367. The molecule has 9 heteroatoms. The van der Waals surface area contributed by atoms with Crippen molar-refractivity contribution >= 4 is 28.1 Å². The molecule has 5 nitrogen and oxygen atoms in total. The van der Waals surface area contributed by atoms with E-state index in [2.05, 4.69) is 20.6 Å². The Kier molecular flexibility index (Phi) is 5.70. The van der Waals surface area contributed by atoms with Gasteiger partial charge in [-0.1, -0.05) is 12.1 Å². The Bertz CT molecular complexity index is 912. The molecule has 0 spiro atoms. The lowest BCUT2D eigenvalue weighted by Gasteiger charge is -2.09. The van der Waals surface area contributed by atoms with Gasteiger partial charge in [0.05, 0.1) is 17.7 Å². The molecule has 0 aliphatic rings. The fourth-order valence-corrected chi connectivity index (χ4v) is 3.00. The zero-order valence-electron chi connectivity index (χ0n) is 14.0. The van der Waals surface area contributed by atoms with E-state index in [-0.39, 0.29) is 18.0 Å². The summed E-state index contributed by atoms with van der Waals surface area (Å²) < 4.78 is 38.3. The minimum absolute atomic E-state index is 0.0844. The molecule has 0 unspecified atom stereocenters. The van der Waals surface area contributed by atoms with Crippen LogP contribution >= 0.6 is 11.3 Å². The number of alkyl halides is 3. The van der Waals surface area contributed by atoms with Crippen molar-refractivity contribution in [2.24, 2.45) is 0 Å². The normalized spacial score (nSPS) is 11.2. The summed E-state index contributed by atoms with van der Waals surface area (Å²) >= 11 is 1.22. The predicted molar refractivity (Wildman–Crippen MR) is 96.6 cm³/mol. The van der Waals surface area contributed by atoms with Crippen LogP contribution in [0.5, 0.6) is 0 Å². The van der Waals surface area contributed by atoms with Crippen molar-refractivity contribution in [2.75, 3.05) is 5.32 Å². The SMILES string of the molecule is O=C(Cc1csc(Nc2cccc(C(F)(F)F)c2)n1)NCc1cccnc1. The van der Waals surface area contributed by atoms with Crippen molar-refractivity contribution < 1.29 is 18.0 Å². The van der Waals surface area contributed by atoms with Crippen LogP contribution in [-0.2, 0) is 23.9 Å². The monoisotopic (exact) mass is 392 g/mol. The Labute approximate surface area is 157 Å². The van der Waals surface area contributed by atoms with Crippen molar-refractivity contribution in [3.63, 3.8) is 0 Å². The number of pyridine rings is 1. The molecule has 27 heavy (non-hydrogen) atoms. The Hall–Kier alpha value is -2.94. The van der Waals surface area contributed by atoms with Crippen molar-refractivity contribution in [3.05, 3.63) is 71.0 Å². The van der Waals surface area contributed by atoms with Gasteiger partial charge in [-0.05, 0) is 29.8 Å². The molecule has 1 aromatic carbocycles. The Balaban J connectivity index is 1.56. The van der Waals surface area contributed by atoms with E-state index in [9.17, 15) is 18.0 Å². The molecule has 0 fully saturated rings. The van der Waals surface area contributed by atoms with Crippen LogP contribution < -0.4 is 10.6 Å². The molecule has 2 N–H and O–H groups in total. The van der Waals surface area contributed by atoms with Gasteiger partial charge in [0.15, 0.2) is 5.13 Å². The first kappa shape index (κ1) is 18.8. The minimum Gasteiger partial charge on any atom is -0.352 e. The van der Waals surface area contributed by atoms with Crippen LogP contribution in [0, 0.1) is 0 Å². The van der Waals surface area contributed by atoms with Gasteiger partial charge in [0.1, 0.15) is 0 Å². The molecule has 0 aliphatic carbocycles. The average Bonchev–Trinajstić information content (AvgIpc) is 3.07. The number of anilines is 2. The molecular weight excluding hydrogens is 377 g/mol. The van der Waals surface area contributed by atoms with Gasteiger partial charge in [-0.25, -0.2) is 4.98 Å². The standard InChI is InChI=1S/C18H15F3N4OS/c19-18(20,21)13-4-1-5-14(7-13)24-17-25-15(11-27-17)8-16(26)23-10-12-3-2-6-22-9-12/h1-7,9,11H,8,10H2,(H,23,26)(H,24,25). The van der Waals surface area contributed by atoms with Crippen LogP contribution in [0.3, 0.4) is 0 Å². The lowest BCUT2D eigenvalue weighted by molar-refractivity contribution is -0.137. The summed E-state index contributed by atoms with van der Waals surface area (Å²) in [5.41, 5.74) is 0.972.